The van der Waals surface area contributed by atoms with Crippen LogP contribution in [0.15, 0.2) is 18.2 Å². The number of anilines is 1. The maximum atomic E-state index is 12.2. The lowest BCUT2D eigenvalue weighted by atomic mass is 10.2. The Balaban J connectivity index is 1.99. The largest absolute Gasteiger partial charge is 0.324 e. The van der Waals surface area contributed by atoms with Crippen molar-refractivity contribution in [3.8, 4) is 0 Å². The number of carbonyl (C=O) groups is 1. The van der Waals surface area contributed by atoms with Gasteiger partial charge in [-0.1, -0.05) is 11.6 Å². The van der Waals surface area contributed by atoms with Gasteiger partial charge in [0.15, 0.2) is 0 Å². The molecule has 1 fully saturated rings. The number of nitrogens with zero attached hydrogens (tertiary/aromatic N) is 1. The minimum absolute atomic E-state index is 0.0298. The van der Waals surface area contributed by atoms with E-state index in [0.717, 1.165) is 35.4 Å². The molecule has 1 aliphatic heterocycles. The van der Waals surface area contributed by atoms with E-state index in [4.69, 9.17) is 11.6 Å². The summed E-state index contributed by atoms with van der Waals surface area (Å²) in [6.45, 7) is 5.65. The fourth-order valence-electron chi connectivity index (χ4n) is 2.06. The molecule has 1 unspecified atom stereocenters. The Morgan fingerprint density at radius 1 is 1.47 bits per heavy atom. The standard InChI is InChI=1S/C13H17ClIN3O/c1-9(18-6-4-16-5-7-18)13(19)17-12-3-2-10(14)8-11(12)15/h2-3,8-9,16H,4-7H2,1H3,(H,17,19). The molecule has 0 aliphatic carbocycles. The Morgan fingerprint density at radius 3 is 2.79 bits per heavy atom. The van der Waals surface area contributed by atoms with Crippen LogP contribution in [0.1, 0.15) is 6.92 Å². The highest BCUT2D eigenvalue weighted by Gasteiger charge is 2.23. The fourth-order valence-corrected chi connectivity index (χ4v) is 3.07. The van der Waals surface area contributed by atoms with Crippen LogP contribution in [0.2, 0.25) is 5.02 Å². The summed E-state index contributed by atoms with van der Waals surface area (Å²) >= 11 is 8.08. The smallest absolute Gasteiger partial charge is 0.241 e. The van der Waals surface area contributed by atoms with Gasteiger partial charge in [-0.2, -0.15) is 0 Å². The van der Waals surface area contributed by atoms with Gasteiger partial charge in [-0.05, 0) is 47.7 Å². The SMILES string of the molecule is CC(C(=O)Nc1ccc(Cl)cc1I)N1CCNCC1. The van der Waals surface area contributed by atoms with Crippen molar-refractivity contribution in [2.45, 2.75) is 13.0 Å². The lowest BCUT2D eigenvalue weighted by molar-refractivity contribution is -0.120. The van der Waals surface area contributed by atoms with Crippen molar-refractivity contribution in [2.75, 3.05) is 31.5 Å². The minimum atomic E-state index is -0.117. The summed E-state index contributed by atoms with van der Waals surface area (Å²) in [4.78, 5) is 14.4. The predicted octanol–water partition coefficient (Wildman–Crippen LogP) is 2.18. The maximum absolute atomic E-state index is 12.2. The zero-order chi connectivity index (χ0) is 13.8. The highest BCUT2D eigenvalue weighted by molar-refractivity contribution is 14.1. The number of carbonyl (C=O) groups excluding carboxylic acids is 1. The third-order valence-electron chi connectivity index (χ3n) is 3.27. The molecule has 2 rings (SSSR count). The Hall–Kier alpha value is -0.370. The van der Waals surface area contributed by atoms with Gasteiger partial charge in [0.1, 0.15) is 0 Å². The molecule has 1 aromatic rings. The van der Waals surface area contributed by atoms with Crippen molar-refractivity contribution < 1.29 is 4.79 Å². The van der Waals surface area contributed by atoms with E-state index in [-0.39, 0.29) is 11.9 Å². The van der Waals surface area contributed by atoms with E-state index in [2.05, 4.69) is 38.1 Å². The Labute approximate surface area is 132 Å². The summed E-state index contributed by atoms with van der Waals surface area (Å²) in [5.74, 6) is 0.0298. The van der Waals surface area contributed by atoms with Gasteiger partial charge in [0, 0.05) is 34.8 Å². The highest BCUT2D eigenvalue weighted by Crippen LogP contribution is 2.22. The van der Waals surface area contributed by atoms with Crippen molar-refractivity contribution in [3.63, 3.8) is 0 Å². The molecule has 0 spiro atoms. The number of halogens is 2. The van der Waals surface area contributed by atoms with Crippen LogP contribution in [0.3, 0.4) is 0 Å². The minimum Gasteiger partial charge on any atom is -0.324 e. The van der Waals surface area contributed by atoms with Crippen molar-refractivity contribution in [3.05, 3.63) is 26.8 Å². The second kappa shape index (κ2) is 6.88. The summed E-state index contributed by atoms with van der Waals surface area (Å²) in [7, 11) is 0. The number of hydrogen-bond donors (Lipinski definition) is 2. The number of benzene rings is 1. The molecule has 0 saturated carbocycles. The molecule has 1 aromatic carbocycles. The van der Waals surface area contributed by atoms with E-state index in [0.29, 0.717) is 5.02 Å². The first-order valence-corrected chi connectivity index (χ1v) is 7.74. The van der Waals surface area contributed by atoms with Crippen molar-refractivity contribution >= 4 is 45.8 Å². The lowest BCUT2D eigenvalue weighted by Crippen LogP contribution is -2.51. The molecule has 0 aromatic heterocycles. The quantitative estimate of drug-likeness (QED) is 0.774. The molecule has 6 heteroatoms. The molecular formula is C13H17ClIN3O. The Kier molecular flexibility index (Phi) is 5.44. The average Bonchev–Trinajstić information content (AvgIpc) is 2.42. The number of amides is 1. The summed E-state index contributed by atoms with van der Waals surface area (Å²) < 4.78 is 0.950. The van der Waals surface area contributed by atoms with E-state index < -0.39 is 0 Å². The van der Waals surface area contributed by atoms with Crippen LogP contribution in [-0.2, 0) is 4.79 Å². The number of hydrogen-bond acceptors (Lipinski definition) is 3. The molecule has 1 atom stereocenters. The highest BCUT2D eigenvalue weighted by atomic mass is 127. The molecule has 1 saturated heterocycles. The third kappa shape index (κ3) is 4.05. The van der Waals surface area contributed by atoms with Crippen LogP contribution in [-0.4, -0.2) is 43.0 Å². The first kappa shape index (κ1) is 15.0. The van der Waals surface area contributed by atoms with E-state index in [1.54, 1.807) is 6.07 Å². The lowest BCUT2D eigenvalue weighted by Gasteiger charge is -2.31. The van der Waals surface area contributed by atoms with Gasteiger partial charge in [-0.15, -0.1) is 0 Å². The first-order chi connectivity index (χ1) is 9.08. The summed E-state index contributed by atoms with van der Waals surface area (Å²) in [5.41, 5.74) is 0.817. The van der Waals surface area contributed by atoms with Crippen molar-refractivity contribution in [1.82, 2.24) is 10.2 Å². The van der Waals surface area contributed by atoms with Gasteiger partial charge in [0.2, 0.25) is 5.91 Å². The second-order valence-corrected chi connectivity index (χ2v) is 6.17. The molecule has 104 valence electrons. The van der Waals surface area contributed by atoms with E-state index >= 15 is 0 Å². The van der Waals surface area contributed by atoms with Gasteiger partial charge >= 0.3 is 0 Å². The molecule has 2 N–H and O–H groups in total. The van der Waals surface area contributed by atoms with Gasteiger partial charge in [0.05, 0.1) is 11.7 Å². The molecule has 19 heavy (non-hydrogen) atoms. The number of nitrogens with one attached hydrogen (secondary N) is 2. The predicted molar refractivity (Wildman–Crippen MR) is 86.7 cm³/mol. The number of piperazine rings is 1. The van der Waals surface area contributed by atoms with Crippen LogP contribution < -0.4 is 10.6 Å². The maximum Gasteiger partial charge on any atom is 0.241 e. The van der Waals surface area contributed by atoms with Gasteiger partial charge in [-0.25, -0.2) is 0 Å². The van der Waals surface area contributed by atoms with Gasteiger partial charge < -0.3 is 10.6 Å². The van der Waals surface area contributed by atoms with Crippen molar-refractivity contribution in [1.29, 1.82) is 0 Å². The van der Waals surface area contributed by atoms with Crippen LogP contribution >= 0.6 is 34.2 Å². The van der Waals surface area contributed by atoms with Crippen LogP contribution in [0.5, 0.6) is 0 Å². The summed E-state index contributed by atoms with van der Waals surface area (Å²) in [6.07, 6.45) is 0. The topological polar surface area (TPSA) is 44.4 Å². The Bertz CT molecular complexity index is 463. The third-order valence-corrected chi connectivity index (χ3v) is 4.40. The number of rotatable bonds is 3. The summed E-state index contributed by atoms with van der Waals surface area (Å²) in [6, 6.07) is 5.35. The van der Waals surface area contributed by atoms with Crippen LogP contribution in [0, 0.1) is 3.57 Å². The zero-order valence-corrected chi connectivity index (χ0v) is 13.7. The molecule has 1 amide bonds. The monoisotopic (exact) mass is 393 g/mol. The van der Waals surface area contributed by atoms with Crippen LogP contribution in [0.25, 0.3) is 0 Å². The average molecular weight is 394 g/mol. The molecule has 0 radical (unpaired) electrons. The molecule has 0 bridgehead atoms. The zero-order valence-electron chi connectivity index (χ0n) is 10.7. The van der Waals surface area contributed by atoms with Gasteiger partial charge in [0.25, 0.3) is 0 Å². The normalized spacial score (nSPS) is 18.1. The van der Waals surface area contributed by atoms with Crippen LogP contribution in [0.4, 0.5) is 5.69 Å². The van der Waals surface area contributed by atoms with E-state index in [1.165, 1.54) is 0 Å². The summed E-state index contributed by atoms with van der Waals surface area (Å²) in [5, 5.41) is 6.93. The molecule has 1 heterocycles. The molecule has 4 nitrogen and oxygen atoms in total. The molecular weight excluding hydrogens is 377 g/mol. The fraction of sp³-hybridized carbons (Fsp3) is 0.462. The van der Waals surface area contributed by atoms with Crippen molar-refractivity contribution in [2.24, 2.45) is 0 Å². The second-order valence-electron chi connectivity index (χ2n) is 4.58. The van der Waals surface area contributed by atoms with E-state index in [9.17, 15) is 4.79 Å². The van der Waals surface area contributed by atoms with Gasteiger partial charge in [-0.3, -0.25) is 9.69 Å². The Morgan fingerprint density at radius 2 is 2.16 bits per heavy atom. The molecule has 1 aliphatic rings. The first-order valence-electron chi connectivity index (χ1n) is 6.28. The van der Waals surface area contributed by atoms with E-state index in [1.807, 2.05) is 19.1 Å².